The summed E-state index contributed by atoms with van der Waals surface area (Å²) in [6.07, 6.45) is 0.645. The Labute approximate surface area is 98.4 Å². The summed E-state index contributed by atoms with van der Waals surface area (Å²) in [4.78, 5) is 0. The van der Waals surface area contributed by atoms with Crippen molar-refractivity contribution in [1.82, 2.24) is 0 Å². The van der Waals surface area contributed by atoms with E-state index in [1.54, 1.807) is 0 Å². The van der Waals surface area contributed by atoms with Crippen LogP contribution in [0.25, 0.3) is 0 Å². The molecule has 1 rings (SSSR count). The smallest absolute Gasteiger partial charge is 0.120 e. The summed E-state index contributed by atoms with van der Waals surface area (Å²) in [7, 11) is 0. The maximum Gasteiger partial charge on any atom is 0.120 e. The molecule has 0 saturated carbocycles. The maximum absolute atomic E-state index is 8.61. The van der Waals surface area contributed by atoms with Crippen LogP contribution in [-0.4, -0.2) is 18.3 Å². The van der Waals surface area contributed by atoms with E-state index in [0.717, 1.165) is 15.8 Å². The van der Waals surface area contributed by atoms with Gasteiger partial charge in [0.1, 0.15) is 5.75 Å². The normalized spacial score (nSPS) is 12.5. The molecular weight excluding hydrogens is 258 g/mol. The van der Waals surface area contributed by atoms with Crippen LogP contribution in [0.15, 0.2) is 22.7 Å². The molecule has 0 saturated heterocycles. The molecule has 3 nitrogen and oxygen atoms in total. The maximum atomic E-state index is 8.61. The second kappa shape index (κ2) is 6.10. The first-order valence-electron chi connectivity index (χ1n) is 4.94. The van der Waals surface area contributed by atoms with Crippen molar-refractivity contribution >= 4 is 15.9 Å². The molecule has 84 valence electrons. The second-order valence-electron chi connectivity index (χ2n) is 3.40. The molecule has 0 aliphatic rings. The van der Waals surface area contributed by atoms with Gasteiger partial charge in [0, 0.05) is 23.5 Å². The summed E-state index contributed by atoms with van der Waals surface area (Å²) in [6.45, 7) is 2.62. The van der Waals surface area contributed by atoms with Crippen molar-refractivity contribution in [3.63, 3.8) is 0 Å². The monoisotopic (exact) mass is 273 g/mol. The van der Waals surface area contributed by atoms with Gasteiger partial charge in [-0.2, -0.15) is 0 Å². The molecule has 0 aromatic heterocycles. The topological polar surface area (TPSA) is 55.5 Å². The minimum atomic E-state index is 0.00543. The lowest BCUT2D eigenvalue weighted by molar-refractivity contribution is 0.233. The van der Waals surface area contributed by atoms with E-state index >= 15 is 0 Å². The van der Waals surface area contributed by atoms with Crippen LogP contribution in [0.3, 0.4) is 0 Å². The Morgan fingerprint density at radius 3 is 2.80 bits per heavy atom. The van der Waals surface area contributed by atoms with Crippen LogP contribution in [0.1, 0.15) is 24.9 Å². The fourth-order valence-corrected chi connectivity index (χ4v) is 1.94. The van der Waals surface area contributed by atoms with Gasteiger partial charge in [-0.25, -0.2) is 0 Å². The Morgan fingerprint density at radius 1 is 1.53 bits per heavy atom. The standard InChI is InChI=1S/C11H16BrNO2/c1-8(13)10-4-3-9(7-11(10)12)15-6-2-5-14/h3-4,7-8,14H,2,5-6,13H2,1H3/t8-/m1/s1. The van der Waals surface area contributed by atoms with Gasteiger partial charge in [0.25, 0.3) is 0 Å². The molecule has 0 radical (unpaired) electrons. The zero-order chi connectivity index (χ0) is 11.3. The van der Waals surface area contributed by atoms with Crippen LogP contribution in [0, 0.1) is 0 Å². The highest BCUT2D eigenvalue weighted by Gasteiger charge is 2.05. The van der Waals surface area contributed by atoms with E-state index in [9.17, 15) is 0 Å². The first-order chi connectivity index (χ1) is 7.15. The Kier molecular flexibility index (Phi) is 5.08. The average molecular weight is 274 g/mol. The minimum absolute atomic E-state index is 0.00543. The second-order valence-corrected chi connectivity index (χ2v) is 4.25. The van der Waals surface area contributed by atoms with Crippen LogP contribution < -0.4 is 10.5 Å². The van der Waals surface area contributed by atoms with Gasteiger partial charge in [-0.05, 0) is 24.6 Å². The van der Waals surface area contributed by atoms with Gasteiger partial charge < -0.3 is 15.6 Å². The van der Waals surface area contributed by atoms with Crippen molar-refractivity contribution in [1.29, 1.82) is 0 Å². The van der Waals surface area contributed by atoms with E-state index in [0.29, 0.717) is 13.0 Å². The van der Waals surface area contributed by atoms with Crippen molar-refractivity contribution in [2.45, 2.75) is 19.4 Å². The van der Waals surface area contributed by atoms with E-state index in [2.05, 4.69) is 15.9 Å². The summed E-state index contributed by atoms with van der Waals surface area (Å²) in [5.41, 5.74) is 6.84. The van der Waals surface area contributed by atoms with Crippen molar-refractivity contribution in [3.05, 3.63) is 28.2 Å². The van der Waals surface area contributed by atoms with Crippen molar-refractivity contribution in [2.24, 2.45) is 5.73 Å². The summed E-state index contributed by atoms with van der Waals surface area (Å²) in [5, 5.41) is 8.61. The fraction of sp³-hybridized carbons (Fsp3) is 0.455. The molecule has 1 aromatic rings. The average Bonchev–Trinajstić information content (AvgIpc) is 2.17. The Bertz CT molecular complexity index is 315. The zero-order valence-electron chi connectivity index (χ0n) is 8.74. The van der Waals surface area contributed by atoms with E-state index < -0.39 is 0 Å². The van der Waals surface area contributed by atoms with Gasteiger partial charge in [0.15, 0.2) is 0 Å². The van der Waals surface area contributed by atoms with Gasteiger partial charge in [-0.3, -0.25) is 0 Å². The number of hydrogen-bond donors (Lipinski definition) is 2. The zero-order valence-corrected chi connectivity index (χ0v) is 10.3. The molecule has 0 aliphatic heterocycles. The number of nitrogens with two attached hydrogens (primary N) is 1. The molecule has 1 aromatic carbocycles. The predicted octanol–water partition coefficient (Wildman–Crippen LogP) is 2.23. The quantitative estimate of drug-likeness (QED) is 0.809. The largest absolute Gasteiger partial charge is 0.493 e. The summed E-state index contributed by atoms with van der Waals surface area (Å²) >= 11 is 3.45. The molecule has 1 atom stereocenters. The number of aliphatic hydroxyl groups is 1. The van der Waals surface area contributed by atoms with Crippen LogP contribution in [0.5, 0.6) is 5.75 Å². The van der Waals surface area contributed by atoms with Crippen LogP contribution in [-0.2, 0) is 0 Å². The third-order valence-corrected chi connectivity index (χ3v) is 2.72. The lowest BCUT2D eigenvalue weighted by Crippen LogP contribution is -2.06. The SMILES string of the molecule is C[C@@H](N)c1ccc(OCCCO)cc1Br. The minimum Gasteiger partial charge on any atom is -0.493 e. The highest BCUT2D eigenvalue weighted by molar-refractivity contribution is 9.10. The van der Waals surface area contributed by atoms with E-state index in [-0.39, 0.29) is 12.6 Å². The Morgan fingerprint density at radius 2 is 2.27 bits per heavy atom. The van der Waals surface area contributed by atoms with Gasteiger partial charge in [0.05, 0.1) is 6.61 Å². The third kappa shape index (κ3) is 3.81. The molecule has 3 N–H and O–H groups in total. The summed E-state index contributed by atoms with van der Waals surface area (Å²) < 4.78 is 6.39. The molecule has 15 heavy (non-hydrogen) atoms. The summed E-state index contributed by atoms with van der Waals surface area (Å²) in [6, 6.07) is 5.74. The Hall–Kier alpha value is -0.580. The number of rotatable bonds is 5. The first-order valence-corrected chi connectivity index (χ1v) is 5.73. The number of ether oxygens (including phenoxy) is 1. The van der Waals surface area contributed by atoms with Crippen molar-refractivity contribution < 1.29 is 9.84 Å². The van der Waals surface area contributed by atoms with Gasteiger partial charge in [-0.15, -0.1) is 0 Å². The molecule has 0 unspecified atom stereocenters. The fourth-order valence-electron chi connectivity index (χ4n) is 1.22. The van der Waals surface area contributed by atoms with E-state index in [1.807, 2.05) is 25.1 Å². The molecule has 4 heteroatoms. The van der Waals surface area contributed by atoms with Gasteiger partial charge >= 0.3 is 0 Å². The molecule has 0 aliphatic carbocycles. The molecule has 0 fully saturated rings. The molecule has 0 bridgehead atoms. The number of aliphatic hydroxyl groups excluding tert-OH is 1. The lowest BCUT2D eigenvalue weighted by atomic mass is 10.1. The van der Waals surface area contributed by atoms with Crippen LogP contribution in [0.2, 0.25) is 0 Å². The molecule has 0 heterocycles. The molecular formula is C11H16BrNO2. The highest BCUT2D eigenvalue weighted by atomic mass is 79.9. The number of hydrogen-bond acceptors (Lipinski definition) is 3. The van der Waals surface area contributed by atoms with Crippen molar-refractivity contribution in [3.8, 4) is 5.75 Å². The molecule has 0 spiro atoms. The number of benzene rings is 1. The number of halogens is 1. The van der Waals surface area contributed by atoms with Crippen LogP contribution >= 0.6 is 15.9 Å². The van der Waals surface area contributed by atoms with E-state index in [1.165, 1.54) is 0 Å². The van der Waals surface area contributed by atoms with Crippen LogP contribution in [0.4, 0.5) is 0 Å². The Balaban J connectivity index is 2.65. The van der Waals surface area contributed by atoms with Crippen molar-refractivity contribution in [2.75, 3.05) is 13.2 Å². The predicted molar refractivity (Wildman–Crippen MR) is 63.9 cm³/mol. The van der Waals surface area contributed by atoms with E-state index in [4.69, 9.17) is 15.6 Å². The third-order valence-electron chi connectivity index (χ3n) is 2.03. The van der Waals surface area contributed by atoms with Gasteiger partial charge in [-0.1, -0.05) is 22.0 Å². The summed E-state index contributed by atoms with van der Waals surface area (Å²) in [5.74, 6) is 0.791. The molecule has 0 amide bonds. The van der Waals surface area contributed by atoms with Gasteiger partial charge in [0.2, 0.25) is 0 Å². The lowest BCUT2D eigenvalue weighted by Gasteiger charge is -2.11. The first kappa shape index (κ1) is 12.5. The highest BCUT2D eigenvalue weighted by Crippen LogP contribution is 2.26.